The molecule has 0 aromatic rings. The van der Waals surface area contributed by atoms with E-state index in [1.807, 2.05) is 0 Å². The third-order valence-corrected chi connectivity index (χ3v) is 3.90. The smallest absolute Gasteiger partial charge is 0.0172 e. The van der Waals surface area contributed by atoms with Crippen LogP contribution < -0.4 is 0 Å². The van der Waals surface area contributed by atoms with Gasteiger partial charge in [-0.1, -0.05) is 53.9 Å². The zero-order chi connectivity index (χ0) is 12.0. The summed E-state index contributed by atoms with van der Waals surface area (Å²) >= 11 is 3.77. The zero-order valence-electron chi connectivity index (χ0n) is 10.7. The van der Waals surface area contributed by atoms with Crippen LogP contribution in [0.5, 0.6) is 0 Å². The maximum atomic E-state index is 3.77. The van der Waals surface area contributed by atoms with Crippen LogP contribution in [0.25, 0.3) is 0 Å². The number of hydrogen-bond acceptors (Lipinski definition) is 0. The van der Waals surface area contributed by atoms with E-state index in [4.69, 9.17) is 0 Å². The van der Waals surface area contributed by atoms with Crippen LogP contribution in [0.4, 0.5) is 0 Å². The van der Waals surface area contributed by atoms with Crippen molar-refractivity contribution in [2.45, 2.75) is 52.9 Å². The standard InChI is InChI=1S/C15H23Br/c1-4-8-14-13(5-2)10-7-6-9-12(3)11-15(14)16/h7,10-11,13H,4-6,8-9H2,1-3H3/b10-7?,12-11-,15-14+/t13-/m0/s1. The van der Waals surface area contributed by atoms with Crippen molar-refractivity contribution in [3.63, 3.8) is 0 Å². The van der Waals surface area contributed by atoms with Gasteiger partial charge in [0.15, 0.2) is 0 Å². The second-order valence-electron chi connectivity index (χ2n) is 4.60. The molecule has 0 aromatic carbocycles. The number of hydrogen-bond donors (Lipinski definition) is 0. The van der Waals surface area contributed by atoms with Crippen molar-refractivity contribution in [2.24, 2.45) is 5.92 Å². The van der Waals surface area contributed by atoms with Crippen LogP contribution in [0.1, 0.15) is 52.9 Å². The summed E-state index contributed by atoms with van der Waals surface area (Å²) in [6, 6.07) is 0. The third-order valence-electron chi connectivity index (χ3n) is 3.16. The van der Waals surface area contributed by atoms with Gasteiger partial charge in [0.1, 0.15) is 0 Å². The van der Waals surface area contributed by atoms with Crippen molar-refractivity contribution in [1.29, 1.82) is 0 Å². The highest BCUT2D eigenvalue weighted by atomic mass is 79.9. The first-order valence-electron chi connectivity index (χ1n) is 6.41. The molecule has 0 aliphatic heterocycles. The quantitative estimate of drug-likeness (QED) is 0.578. The molecule has 0 spiro atoms. The van der Waals surface area contributed by atoms with E-state index in [9.17, 15) is 0 Å². The molecule has 0 saturated carbocycles. The predicted octanol–water partition coefficient (Wildman–Crippen LogP) is 5.76. The fraction of sp³-hybridized carbons (Fsp3) is 0.600. The molecule has 1 rings (SSSR count). The minimum atomic E-state index is 0.622. The molecule has 0 bridgehead atoms. The lowest BCUT2D eigenvalue weighted by atomic mass is 9.92. The van der Waals surface area contributed by atoms with Crippen LogP contribution in [0.15, 0.2) is 33.9 Å². The monoisotopic (exact) mass is 282 g/mol. The maximum Gasteiger partial charge on any atom is 0.0172 e. The molecule has 90 valence electrons. The molecule has 1 heteroatoms. The molecule has 0 heterocycles. The summed E-state index contributed by atoms with van der Waals surface area (Å²) in [4.78, 5) is 0. The first-order chi connectivity index (χ1) is 7.69. The summed E-state index contributed by atoms with van der Waals surface area (Å²) in [5.74, 6) is 0.622. The topological polar surface area (TPSA) is 0 Å². The lowest BCUT2D eigenvalue weighted by Crippen LogP contribution is -2.01. The molecule has 0 nitrogen and oxygen atoms in total. The second-order valence-corrected chi connectivity index (χ2v) is 5.45. The van der Waals surface area contributed by atoms with Crippen LogP contribution in [0, 0.1) is 5.92 Å². The molecular weight excluding hydrogens is 260 g/mol. The fourth-order valence-corrected chi connectivity index (χ4v) is 3.09. The first-order valence-corrected chi connectivity index (χ1v) is 7.20. The molecule has 0 saturated heterocycles. The predicted molar refractivity (Wildman–Crippen MR) is 76.8 cm³/mol. The summed E-state index contributed by atoms with van der Waals surface area (Å²) < 4.78 is 1.32. The van der Waals surface area contributed by atoms with Crippen molar-refractivity contribution < 1.29 is 0 Å². The van der Waals surface area contributed by atoms with Crippen molar-refractivity contribution in [3.05, 3.63) is 33.9 Å². The van der Waals surface area contributed by atoms with E-state index in [-0.39, 0.29) is 0 Å². The molecule has 1 aliphatic carbocycles. The number of rotatable bonds is 3. The Kier molecular flexibility index (Phi) is 6.12. The van der Waals surface area contributed by atoms with Crippen LogP contribution in [0.2, 0.25) is 0 Å². The highest BCUT2D eigenvalue weighted by molar-refractivity contribution is 9.11. The summed E-state index contributed by atoms with van der Waals surface area (Å²) in [5, 5.41) is 0. The van der Waals surface area contributed by atoms with Gasteiger partial charge in [0.25, 0.3) is 0 Å². The molecule has 1 aliphatic rings. The Morgan fingerprint density at radius 1 is 1.38 bits per heavy atom. The number of allylic oxidation sites excluding steroid dienone is 6. The van der Waals surface area contributed by atoms with Gasteiger partial charge in [0.2, 0.25) is 0 Å². The summed E-state index contributed by atoms with van der Waals surface area (Å²) in [5.41, 5.74) is 3.05. The Morgan fingerprint density at radius 3 is 2.75 bits per heavy atom. The molecule has 0 unspecified atom stereocenters. The van der Waals surface area contributed by atoms with E-state index in [1.54, 1.807) is 5.57 Å². The molecule has 0 N–H and O–H groups in total. The van der Waals surface area contributed by atoms with Crippen molar-refractivity contribution >= 4 is 15.9 Å². The van der Waals surface area contributed by atoms with E-state index in [1.165, 1.54) is 42.2 Å². The zero-order valence-corrected chi connectivity index (χ0v) is 12.3. The van der Waals surface area contributed by atoms with Gasteiger partial charge in [-0.2, -0.15) is 0 Å². The van der Waals surface area contributed by atoms with Gasteiger partial charge in [-0.25, -0.2) is 0 Å². The van der Waals surface area contributed by atoms with Gasteiger partial charge < -0.3 is 0 Å². The van der Waals surface area contributed by atoms with Crippen LogP contribution >= 0.6 is 15.9 Å². The summed E-state index contributed by atoms with van der Waals surface area (Å²) in [6.07, 6.45) is 13.1. The first kappa shape index (κ1) is 13.8. The minimum absolute atomic E-state index is 0.622. The molecule has 0 aromatic heterocycles. The maximum absolute atomic E-state index is 3.77. The summed E-state index contributed by atoms with van der Waals surface area (Å²) in [6.45, 7) is 6.76. The Labute approximate surface area is 109 Å². The highest BCUT2D eigenvalue weighted by Gasteiger charge is 2.12. The van der Waals surface area contributed by atoms with Crippen LogP contribution in [0.3, 0.4) is 0 Å². The lowest BCUT2D eigenvalue weighted by Gasteiger charge is -2.16. The largest absolute Gasteiger partial charge is 0.0876 e. The fourth-order valence-electron chi connectivity index (χ4n) is 2.20. The van der Waals surface area contributed by atoms with E-state index in [0.717, 1.165) is 0 Å². The average Bonchev–Trinajstić information content (AvgIpc) is 2.31. The van der Waals surface area contributed by atoms with Crippen molar-refractivity contribution in [3.8, 4) is 0 Å². The molecular formula is C15H23Br. The molecule has 0 radical (unpaired) electrons. The Morgan fingerprint density at radius 2 is 2.12 bits per heavy atom. The van der Waals surface area contributed by atoms with Gasteiger partial charge in [-0.3, -0.25) is 0 Å². The van der Waals surface area contributed by atoms with E-state index >= 15 is 0 Å². The number of halogens is 1. The molecule has 0 amide bonds. The SMILES string of the molecule is CCC/C1=C(Br)/C=C(/C)CCC=C[C@@H]1CC. The van der Waals surface area contributed by atoms with E-state index in [0.29, 0.717) is 5.92 Å². The second kappa shape index (κ2) is 7.11. The van der Waals surface area contributed by atoms with Gasteiger partial charge in [-0.05, 0) is 50.2 Å². The normalized spacial score (nSPS) is 30.2. The third kappa shape index (κ3) is 3.93. The van der Waals surface area contributed by atoms with Crippen molar-refractivity contribution in [2.75, 3.05) is 0 Å². The molecule has 1 atom stereocenters. The van der Waals surface area contributed by atoms with E-state index < -0.39 is 0 Å². The average molecular weight is 283 g/mol. The summed E-state index contributed by atoms with van der Waals surface area (Å²) in [7, 11) is 0. The van der Waals surface area contributed by atoms with Crippen molar-refractivity contribution in [1.82, 2.24) is 0 Å². The minimum Gasteiger partial charge on any atom is -0.0876 e. The Balaban J connectivity index is 3.07. The van der Waals surface area contributed by atoms with Gasteiger partial charge in [0, 0.05) is 4.48 Å². The lowest BCUT2D eigenvalue weighted by molar-refractivity contribution is 0.674. The molecule has 16 heavy (non-hydrogen) atoms. The van der Waals surface area contributed by atoms with Crippen LogP contribution in [-0.2, 0) is 0 Å². The highest BCUT2D eigenvalue weighted by Crippen LogP contribution is 2.31. The van der Waals surface area contributed by atoms with Gasteiger partial charge >= 0.3 is 0 Å². The molecule has 0 fully saturated rings. The Bertz CT molecular complexity index is 307. The van der Waals surface area contributed by atoms with Crippen LogP contribution in [-0.4, -0.2) is 0 Å². The van der Waals surface area contributed by atoms with E-state index in [2.05, 4.69) is 54.9 Å². The van der Waals surface area contributed by atoms with Gasteiger partial charge in [-0.15, -0.1) is 0 Å². The Hall–Kier alpha value is -0.300. The van der Waals surface area contributed by atoms with Gasteiger partial charge in [0.05, 0.1) is 0 Å².